The summed E-state index contributed by atoms with van der Waals surface area (Å²) in [6, 6.07) is 7.68. The summed E-state index contributed by atoms with van der Waals surface area (Å²) >= 11 is 0. The molecular formula is C21H22O5. The number of hydrogen-bond donors (Lipinski definition) is 3. The highest BCUT2D eigenvalue weighted by Crippen LogP contribution is 2.42. The van der Waals surface area contributed by atoms with Gasteiger partial charge in [-0.3, -0.25) is 4.79 Å². The summed E-state index contributed by atoms with van der Waals surface area (Å²) in [4.78, 5) is 12.7. The number of phenols is 3. The fourth-order valence-electron chi connectivity index (χ4n) is 2.72. The van der Waals surface area contributed by atoms with Gasteiger partial charge in [0, 0.05) is 17.5 Å². The number of allylic oxidation sites excluding steroid dienone is 3. The second kappa shape index (κ2) is 8.25. The van der Waals surface area contributed by atoms with E-state index in [-0.39, 0.29) is 40.0 Å². The van der Waals surface area contributed by atoms with Crippen molar-refractivity contribution in [3.63, 3.8) is 0 Å². The molecule has 2 aromatic carbocycles. The zero-order chi connectivity index (χ0) is 19.3. The molecule has 0 bridgehead atoms. The molecule has 0 saturated carbocycles. The van der Waals surface area contributed by atoms with Gasteiger partial charge in [0.1, 0.15) is 28.6 Å². The van der Waals surface area contributed by atoms with Crippen molar-refractivity contribution in [2.45, 2.75) is 19.8 Å². The van der Waals surface area contributed by atoms with Gasteiger partial charge in [0.15, 0.2) is 5.78 Å². The fourth-order valence-corrected chi connectivity index (χ4v) is 2.72. The standard InChI is InChI=1S/C21H22O5/c1-4-5-13(2)19-17(24)12-18(26-3)20(21(19)25)16(23)11-8-14-6-9-15(22)10-7-14/h4-13,22,24-25H,1-3H3. The monoisotopic (exact) mass is 354 g/mol. The smallest absolute Gasteiger partial charge is 0.193 e. The zero-order valence-corrected chi connectivity index (χ0v) is 14.9. The van der Waals surface area contributed by atoms with Gasteiger partial charge in [0.25, 0.3) is 0 Å². The number of carbonyl (C=O) groups excluding carboxylic acids is 1. The molecule has 3 N–H and O–H groups in total. The van der Waals surface area contributed by atoms with Crippen LogP contribution in [0.5, 0.6) is 23.0 Å². The molecule has 1 unspecified atom stereocenters. The van der Waals surface area contributed by atoms with Crippen LogP contribution in [0.15, 0.2) is 48.6 Å². The molecule has 26 heavy (non-hydrogen) atoms. The molecule has 5 heteroatoms. The van der Waals surface area contributed by atoms with Crippen molar-refractivity contribution in [2.24, 2.45) is 0 Å². The summed E-state index contributed by atoms with van der Waals surface area (Å²) in [6.45, 7) is 3.64. The van der Waals surface area contributed by atoms with E-state index >= 15 is 0 Å². The molecular weight excluding hydrogens is 332 g/mol. The average molecular weight is 354 g/mol. The summed E-state index contributed by atoms with van der Waals surface area (Å²) in [5, 5.41) is 30.1. The minimum Gasteiger partial charge on any atom is -0.508 e. The van der Waals surface area contributed by atoms with E-state index in [1.165, 1.54) is 31.4 Å². The van der Waals surface area contributed by atoms with Gasteiger partial charge in [0.05, 0.1) is 7.11 Å². The van der Waals surface area contributed by atoms with Gasteiger partial charge in [-0.1, -0.05) is 37.3 Å². The number of methoxy groups -OCH3 is 1. The van der Waals surface area contributed by atoms with Crippen LogP contribution in [0.3, 0.4) is 0 Å². The summed E-state index contributed by atoms with van der Waals surface area (Å²) in [6.07, 6.45) is 6.50. The van der Waals surface area contributed by atoms with Crippen LogP contribution < -0.4 is 4.74 Å². The third kappa shape index (κ3) is 4.06. The number of benzene rings is 2. The molecule has 0 aromatic heterocycles. The predicted octanol–water partition coefficient (Wildman–Crippen LogP) is 4.39. The van der Waals surface area contributed by atoms with Crippen molar-refractivity contribution in [3.8, 4) is 23.0 Å². The zero-order valence-electron chi connectivity index (χ0n) is 14.9. The van der Waals surface area contributed by atoms with E-state index in [4.69, 9.17) is 4.74 Å². The van der Waals surface area contributed by atoms with Crippen LogP contribution in [0, 0.1) is 0 Å². The molecule has 136 valence electrons. The molecule has 2 aromatic rings. The molecule has 0 aliphatic carbocycles. The predicted molar refractivity (Wildman–Crippen MR) is 101 cm³/mol. The highest BCUT2D eigenvalue weighted by Gasteiger charge is 2.24. The Bertz CT molecular complexity index is 848. The molecule has 1 atom stereocenters. The Hall–Kier alpha value is -3.21. The van der Waals surface area contributed by atoms with Gasteiger partial charge in [-0.05, 0) is 30.7 Å². The average Bonchev–Trinajstić information content (AvgIpc) is 2.60. The molecule has 0 fully saturated rings. The van der Waals surface area contributed by atoms with Crippen LogP contribution in [0.25, 0.3) is 6.08 Å². The van der Waals surface area contributed by atoms with Crippen molar-refractivity contribution in [2.75, 3.05) is 7.11 Å². The third-order valence-corrected chi connectivity index (χ3v) is 4.01. The lowest BCUT2D eigenvalue weighted by atomic mass is 9.93. The van der Waals surface area contributed by atoms with Crippen LogP contribution in [0.2, 0.25) is 0 Å². The Morgan fingerprint density at radius 1 is 1.15 bits per heavy atom. The topological polar surface area (TPSA) is 87.0 Å². The Labute approximate surface area is 152 Å². The van der Waals surface area contributed by atoms with Crippen molar-refractivity contribution in [1.29, 1.82) is 0 Å². The van der Waals surface area contributed by atoms with E-state index in [0.717, 1.165) is 5.56 Å². The molecule has 0 aliphatic heterocycles. The highest BCUT2D eigenvalue weighted by molar-refractivity contribution is 6.11. The maximum Gasteiger partial charge on any atom is 0.193 e. The van der Waals surface area contributed by atoms with Gasteiger partial charge < -0.3 is 20.1 Å². The Balaban J connectivity index is 2.47. The van der Waals surface area contributed by atoms with Crippen molar-refractivity contribution >= 4 is 11.9 Å². The van der Waals surface area contributed by atoms with Crippen LogP contribution in [0.4, 0.5) is 0 Å². The summed E-state index contributed by atoms with van der Waals surface area (Å²) in [5.41, 5.74) is 0.979. The van der Waals surface area contributed by atoms with E-state index in [1.807, 2.05) is 19.9 Å². The number of rotatable bonds is 6. The van der Waals surface area contributed by atoms with Crippen LogP contribution in [-0.2, 0) is 0 Å². The lowest BCUT2D eigenvalue weighted by molar-refractivity contribution is 0.104. The van der Waals surface area contributed by atoms with E-state index in [2.05, 4.69) is 0 Å². The normalized spacial score (nSPS) is 12.6. The second-order valence-electron chi connectivity index (χ2n) is 5.84. The molecule has 5 nitrogen and oxygen atoms in total. The van der Waals surface area contributed by atoms with Crippen molar-refractivity contribution < 1.29 is 24.9 Å². The van der Waals surface area contributed by atoms with E-state index in [9.17, 15) is 20.1 Å². The van der Waals surface area contributed by atoms with Gasteiger partial charge in [-0.25, -0.2) is 0 Å². The van der Waals surface area contributed by atoms with Gasteiger partial charge in [-0.15, -0.1) is 0 Å². The lowest BCUT2D eigenvalue weighted by Crippen LogP contribution is -2.03. The number of carbonyl (C=O) groups is 1. The fraction of sp³-hybridized carbons (Fsp3) is 0.190. The molecule has 0 radical (unpaired) electrons. The first-order chi connectivity index (χ1) is 12.4. The third-order valence-electron chi connectivity index (χ3n) is 4.01. The lowest BCUT2D eigenvalue weighted by Gasteiger charge is -2.17. The summed E-state index contributed by atoms with van der Waals surface area (Å²) < 4.78 is 5.16. The highest BCUT2D eigenvalue weighted by atomic mass is 16.5. The maximum atomic E-state index is 12.7. The summed E-state index contributed by atoms with van der Waals surface area (Å²) in [5.74, 6) is -0.942. The van der Waals surface area contributed by atoms with Gasteiger partial charge in [0.2, 0.25) is 0 Å². The number of phenolic OH excluding ortho intramolecular Hbond substituents is 3. The van der Waals surface area contributed by atoms with Gasteiger partial charge >= 0.3 is 0 Å². The number of aromatic hydroxyl groups is 3. The molecule has 2 rings (SSSR count). The summed E-state index contributed by atoms with van der Waals surface area (Å²) in [7, 11) is 1.36. The number of ketones is 1. The largest absolute Gasteiger partial charge is 0.508 e. The molecule has 0 heterocycles. The number of ether oxygens (including phenoxy) is 1. The first-order valence-corrected chi connectivity index (χ1v) is 8.16. The van der Waals surface area contributed by atoms with E-state index in [0.29, 0.717) is 0 Å². The minimum atomic E-state index is -0.457. The molecule has 0 aliphatic rings. The van der Waals surface area contributed by atoms with E-state index in [1.54, 1.807) is 24.3 Å². The molecule has 0 amide bonds. The second-order valence-corrected chi connectivity index (χ2v) is 5.84. The number of hydrogen-bond acceptors (Lipinski definition) is 5. The van der Waals surface area contributed by atoms with Crippen LogP contribution >= 0.6 is 0 Å². The minimum absolute atomic E-state index is 0.00770. The molecule has 0 spiro atoms. The Kier molecular flexibility index (Phi) is 6.07. The quantitative estimate of drug-likeness (QED) is 0.407. The first kappa shape index (κ1) is 19.1. The van der Waals surface area contributed by atoms with Crippen LogP contribution in [0.1, 0.15) is 41.3 Å². The Morgan fingerprint density at radius 3 is 2.38 bits per heavy atom. The van der Waals surface area contributed by atoms with Crippen LogP contribution in [-0.4, -0.2) is 28.2 Å². The van der Waals surface area contributed by atoms with Crippen molar-refractivity contribution in [1.82, 2.24) is 0 Å². The van der Waals surface area contributed by atoms with E-state index < -0.39 is 5.78 Å². The maximum absolute atomic E-state index is 12.7. The van der Waals surface area contributed by atoms with Gasteiger partial charge in [-0.2, -0.15) is 0 Å². The van der Waals surface area contributed by atoms with Crippen molar-refractivity contribution in [3.05, 3.63) is 65.3 Å². The molecule has 0 saturated heterocycles. The Morgan fingerprint density at radius 2 is 1.81 bits per heavy atom. The first-order valence-electron chi connectivity index (χ1n) is 8.16. The SMILES string of the molecule is CC=CC(C)c1c(O)cc(OC)c(C(=O)C=Cc2ccc(O)cc2)c1O.